The van der Waals surface area contributed by atoms with E-state index >= 15 is 0 Å². The molecule has 2 unspecified atom stereocenters. The molecule has 0 fully saturated rings. The maximum atomic E-state index is 10.8. The number of nitrogens with two attached hydrogens (primary N) is 2. The number of rotatable bonds is 3. The zero-order chi connectivity index (χ0) is 11.7. The van der Waals surface area contributed by atoms with Gasteiger partial charge in [0.15, 0.2) is 6.10 Å². The second kappa shape index (κ2) is 4.02. The van der Waals surface area contributed by atoms with E-state index in [1.54, 1.807) is 19.1 Å². The van der Waals surface area contributed by atoms with E-state index in [0.29, 0.717) is 18.1 Å². The third-order valence-electron chi connectivity index (χ3n) is 2.52. The average Bonchev–Trinajstić information content (AvgIpc) is 2.60. The third kappa shape index (κ3) is 1.94. The zero-order valence-electron chi connectivity index (χ0n) is 8.97. The average molecular weight is 222 g/mol. The van der Waals surface area contributed by atoms with Gasteiger partial charge in [0.2, 0.25) is 0 Å². The number of ether oxygens (including phenoxy) is 2. The fraction of sp³-hybridized carbons (Fsp3) is 0.364. The lowest BCUT2D eigenvalue weighted by Gasteiger charge is -2.12. The molecule has 0 spiro atoms. The zero-order valence-corrected chi connectivity index (χ0v) is 8.97. The van der Waals surface area contributed by atoms with Crippen LogP contribution in [-0.2, 0) is 4.79 Å². The summed E-state index contributed by atoms with van der Waals surface area (Å²) in [4.78, 5) is 10.8. The summed E-state index contributed by atoms with van der Waals surface area (Å²) in [6.07, 6.45) is -0.659. The van der Waals surface area contributed by atoms with Crippen molar-refractivity contribution in [3.63, 3.8) is 0 Å². The molecule has 16 heavy (non-hydrogen) atoms. The van der Waals surface area contributed by atoms with Gasteiger partial charge in [0.25, 0.3) is 5.91 Å². The molecule has 1 aliphatic heterocycles. The van der Waals surface area contributed by atoms with Gasteiger partial charge in [0.1, 0.15) is 18.1 Å². The second-order valence-electron chi connectivity index (χ2n) is 3.78. The summed E-state index contributed by atoms with van der Waals surface area (Å²) in [5.74, 6) is 0.763. The van der Waals surface area contributed by atoms with Gasteiger partial charge in [-0.1, -0.05) is 0 Å². The van der Waals surface area contributed by atoms with Crippen LogP contribution in [0.3, 0.4) is 0 Å². The lowest BCUT2D eigenvalue weighted by molar-refractivity contribution is -0.123. The fourth-order valence-electron chi connectivity index (χ4n) is 1.55. The Kier molecular flexibility index (Phi) is 2.70. The minimum absolute atomic E-state index is 0.0855. The van der Waals surface area contributed by atoms with Crippen molar-refractivity contribution in [2.24, 2.45) is 11.5 Å². The van der Waals surface area contributed by atoms with Crippen LogP contribution in [-0.4, -0.2) is 18.6 Å². The highest BCUT2D eigenvalue weighted by molar-refractivity contribution is 5.78. The van der Waals surface area contributed by atoms with E-state index in [0.717, 1.165) is 5.56 Å². The molecule has 1 aromatic rings. The molecule has 1 aromatic carbocycles. The van der Waals surface area contributed by atoms with E-state index in [4.69, 9.17) is 20.9 Å². The van der Waals surface area contributed by atoms with E-state index < -0.39 is 12.0 Å². The predicted molar refractivity (Wildman–Crippen MR) is 58.1 cm³/mol. The largest absolute Gasteiger partial charge is 0.491 e. The second-order valence-corrected chi connectivity index (χ2v) is 3.78. The Morgan fingerprint density at radius 3 is 3.06 bits per heavy atom. The van der Waals surface area contributed by atoms with Crippen molar-refractivity contribution < 1.29 is 14.3 Å². The molecule has 1 aliphatic rings. The summed E-state index contributed by atoms with van der Waals surface area (Å²) in [5.41, 5.74) is 11.9. The summed E-state index contributed by atoms with van der Waals surface area (Å²) in [7, 11) is 0. The van der Waals surface area contributed by atoms with Crippen molar-refractivity contribution in [1.29, 1.82) is 0 Å². The number of carbonyl (C=O) groups excluding carboxylic acids is 1. The van der Waals surface area contributed by atoms with Crippen LogP contribution in [0.2, 0.25) is 0 Å². The van der Waals surface area contributed by atoms with Crippen molar-refractivity contribution >= 4 is 5.91 Å². The van der Waals surface area contributed by atoms with Crippen LogP contribution in [0.4, 0.5) is 0 Å². The molecule has 4 N–H and O–H groups in total. The van der Waals surface area contributed by atoms with Crippen molar-refractivity contribution in [2.75, 3.05) is 6.61 Å². The maximum Gasteiger partial charge on any atom is 0.258 e. The molecule has 0 aliphatic carbocycles. The Hall–Kier alpha value is -1.75. The van der Waals surface area contributed by atoms with Gasteiger partial charge in [-0.15, -0.1) is 0 Å². The quantitative estimate of drug-likeness (QED) is 0.771. The molecule has 5 heteroatoms. The monoisotopic (exact) mass is 222 g/mol. The van der Waals surface area contributed by atoms with Crippen molar-refractivity contribution in [1.82, 2.24) is 0 Å². The minimum atomic E-state index is -0.659. The highest BCUT2D eigenvalue weighted by Gasteiger charge is 2.21. The maximum absolute atomic E-state index is 10.8. The van der Waals surface area contributed by atoms with Crippen molar-refractivity contribution in [3.05, 3.63) is 23.8 Å². The van der Waals surface area contributed by atoms with Crippen LogP contribution in [0.5, 0.6) is 11.5 Å². The molecular weight excluding hydrogens is 208 g/mol. The highest BCUT2D eigenvalue weighted by atomic mass is 16.5. The molecule has 0 saturated carbocycles. The van der Waals surface area contributed by atoms with Crippen LogP contribution in [0, 0.1) is 0 Å². The van der Waals surface area contributed by atoms with E-state index in [9.17, 15) is 4.79 Å². The first-order valence-electron chi connectivity index (χ1n) is 5.06. The number of fused-ring (bicyclic) bond motifs is 1. The molecule has 5 nitrogen and oxygen atoms in total. The fourth-order valence-corrected chi connectivity index (χ4v) is 1.55. The Bertz CT molecular complexity index is 420. The first-order valence-corrected chi connectivity index (χ1v) is 5.06. The third-order valence-corrected chi connectivity index (χ3v) is 2.52. The number of primary amides is 1. The normalized spacial score (nSPS) is 19.8. The number of amides is 1. The smallest absolute Gasteiger partial charge is 0.258 e. The van der Waals surface area contributed by atoms with Gasteiger partial charge in [-0.05, 0) is 19.1 Å². The topological polar surface area (TPSA) is 87.6 Å². The van der Waals surface area contributed by atoms with Crippen LogP contribution in [0.25, 0.3) is 0 Å². The van der Waals surface area contributed by atoms with Crippen LogP contribution < -0.4 is 20.9 Å². The Labute approximate surface area is 93.3 Å². The van der Waals surface area contributed by atoms with E-state index in [1.807, 2.05) is 6.07 Å². The molecule has 0 aromatic heterocycles. The lowest BCUT2D eigenvalue weighted by Crippen LogP contribution is -2.30. The molecule has 2 rings (SSSR count). The summed E-state index contributed by atoms with van der Waals surface area (Å²) < 4.78 is 10.7. The van der Waals surface area contributed by atoms with Crippen molar-refractivity contribution in [2.45, 2.75) is 19.1 Å². The Morgan fingerprint density at radius 1 is 1.62 bits per heavy atom. The van der Waals surface area contributed by atoms with Gasteiger partial charge in [-0.3, -0.25) is 4.79 Å². The minimum Gasteiger partial charge on any atom is -0.491 e. The van der Waals surface area contributed by atoms with Gasteiger partial charge < -0.3 is 20.9 Å². The number of hydrogen-bond donors (Lipinski definition) is 2. The van der Waals surface area contributed by atoms with E-state index in [1.165, 1.54) is 0 Å². The summed E-state index contributed by atoms with van der Waals surface area (Å²) in [6.45, 7) is 2.08. The summed E-state index contributed by atoms with van der Waals surface area (Å²) in [6, 6.07) is 5.24. The Morgan fingerprint density at radius 2 is 2.38 bits per heavy atom. The van der Waals surface area contributed by atoms with Gasteiger partial charge in [0, 0.05) is 11.6 Å². The van der Waals surface area contributed by atoms with Crippen molar-refractivity contribution in [3.8, 4) is 11.5 Å². The van der Waals surface area contributed by atoms with E-state index in [2.05, 4.69) is 0 Å². The summed E-state index contributed by atoms with van der Waals surface area (Å²) >= 11 is 0. The lowest BCUT2D eigenvalue weighted by atomic mass is 10.1. The molecule has 1 amide bonds. The SMILES string of the molecule is CC(Oc1ccc2c(c1)OCC2N)C(N)=O. The van der Waals surface area contributed by atoms with Crippen LogP contribution >= 0.6 is 0 Å². The van der Waals surface area contributed by atoms with E-state index in [-0.39, 0.29) is 6.04 Å². The number of hydrogen-bond acceptors (Lipinski definition) is 4. The highest BCUT2D eigenvalue weighted by Crippen LogP contribution is 2.34. The van der Waals surface area contributed by atoms with Gasteiger partial charge in [-0.25, -0.2) is 0 Å². The molecule has 0 saturated heterocycles. The first-order chi connectivity index (χ1) is 7.58. The van der Waals surface area contributed by atoms with Gasteiger partial charge >= 0.3 is 0 Å². The molecule has 0 bridgehead atoms. The molecule has 86 valence electrons. The number of benzene rings is 1. The summed E-state index contributed by atoms with van der Waals surface area (Å²) in [5, 5.41) is 0. The predicted octanol–water partition coefficient (Wildman–Crippen LogP) is 0.331. The van der Waals surface area contributed by atoms with Crippen LogP contribution in [0.1, 0.15) is 18.5 Å². The van der Waals surface area contributed by atoms with Crippen LogP contribution in [0.15, 0.2) is 18.2 Å². The van der Waals surface area contributed by atoms with Gasteiger partial charge in [0.05, 0.1) is 6.04 Å². The molecule has 1 heterocycles. The standard InChI is InChI=1S/C11H14N2O3/c1-6(11(13)14)16-7-2-3-8-9(12)5-15-10(8)4-7/h2-4,6,9H,5,12H2,1H3,(H2,13,14). The van der Waals surface area contributed by atoms with Gasteiger partial charge in [-0.2, -0.15) is 0 Å². The first kappa shape index (κ1) is 10.8. The molecule has 2 atom stereocenters. The Balaban J connectivity index is 2.16. The number of carbonyl (C=O) groups is 1. The molecule has 0 radical (unpaired) electrons. The molecular formula is C11H14N2O3.